The first kappa shape index (κ1) is 15.3. The Kier molecular flexibility index (Phi) is 5.06. The highest BCUT2D eigenvalue weighted by atomic mass is 16.5. The van der Waals surface area contributed by atoms with Gasteiger partial charge in [0.15, 0.2) is 0 Å². The first-order chi connectivity index (χ1) is 11.3. The summed E-state index contributed by atoms with van der Waals surface area (Å²) in [4.78, 5) is 16.2. The van der Waals surface area contributed by atoms with E-state index in [1.807, 2.05) is 30.3 Å². The second kappa shape index (κ2) is 7.60. The topological polar surface area (TPSA) is 72.5 Å². The van der Waals surface area contributed by atoms with Crippen LogP contribution in [0.4, 0.5) is 10.5 Å². The smallest absolute Gasteiger partial charge is 0.319 e. The van der Waals surface area contributed by atoms with Crippen LogP contribution in [0, 0.1) is 5.92 Å². The number of para-hydroxylation sites is 1. The van der Waals surface area contributed by atoms with Crippen LogP contribution in [0.25, 0.3) is 0 Å². The average molecular weight is 313 g/mol. The number of amides is 2. The molecule has 2 aromatic rings. The van der Waals surface area contributed by atoms with Gasteiger partial charge in [-0.1, -0.05) is 18.2 Å². The largest absolute Gasteiger partial charge is 0.437 e. The van der Waals surface area contributed by atoms with Crippen molar-refractivity contribution >= 4 is 11.7 Å². The number of carbonyl (C=O) groups is 1. The minimum atomic E-state index is -0.275. The molecule has 1 atom stereocenters. The van der Waals surface area contributed by atoms with Gasteiger partial charge in [0.05, 0.1) is 6.61 Å². The van der Waals surface area contributed by atoms with Crippen LogP contribution >= 0.6 is 0 Å². The van der Waals surface area contributed by atoms with E-state index in [-0.39, 0.29) is 6.03 Å². The number of urea groups is 1. The summed E-state index contributed by atoms with van der Waals surface area (Å²) >= 11 is 0. The van der Waals surface area contributed by atoms with Gasteiger partial charge in [0.2, 0.25) is 5.88 Å². The van der Waals surface area contributed by atoms with Crippen LogP contribution in [-0.2, 0) is 4.74 Å². The molecule has 1 aromatic heterocycles. The Bertz CT molecular complexity index is 643. The third-order valence-electron chi connectivity index (χ3n) is 3.55. The molecule has 0 bridgehead atoms. The average Bonchev–Trinajstić information content (AvgIpc) is 3.09. The van der Waals surface area contributed by atoms with E-state index in [9.17, 15) is 4.79 Å². The van der Waals surface area contributed by atoms with E-state index in [1.54, 1.807) is 18.3 Å². The van der Waals surface area contributed by atoms with Crippen molar-refractivity contribution < 1.29 is 14.3 Å². The van der Waals surface area contributed by atoms with Crippen molar-refractivity contribution in [3.63, 3.8) is 0 Å². The van der Waals surface area contributed by atoms with Gasteiger partial charge in [0.25, 0.3) is 0 Å². The van der Waals surface area contributed by atoms with Gasteiger partial charge in [0.1, 0.15) is 11.4 Å². The molecule has 0 aliphatic carbocycles. The molecule has 0 radical (unpaired) electrons. The van der Waals surface area contributed by atoms with Crippen molar-refractivity contribution in [1.29, 1.82) is 0 Å². The molecule has 3 rings (SSSR count). The molecule has 0 spiro atoms. The SMILES string of the molecule is O=C(NCC1CCOC1)Nc1cccnc1Oc1ccccc1. The van der Waals surface area contributed by atoms with E-state index < -0.39 is 0 Å². The van der Waals surface area contributed by atoms with Gasteiger partial charge < -0.3 is 20.1 Å². The predicted molar refractivity (Wildman–Crippen MR) is 86.7 cm³/mol. The van der Waals surface area contributed by atoms with Crippen LogP contribution in [-0.4, -0.2) is 30.8 Å². The number of carbonyl (C=O) groups excluding carboxylic acids is 1. The molecule has 120 valence electrons. The van der Waals surface area contributed by atoms with Crippen LogP contribution in [0.15, 0.2) is 48.7 Å². The lowest BCUT2D eigenvalue weighted by molar-refractivity contribution is 0.185. The van der Waals surface area contributed by atoms with Crippen molar-refractivity contribution in [1.82, 2.24) is 10.3 Å². The number of hydrogen-bond acceptors (Lipinski definition) is 4. The van der Waals surface area contributed by atoms with Crippen molar-refractivity contribution in [2.24, 2.45) is 5.92 Å². The number of pyridine rings is 1. The van der Waals surface area contributed by atoms with Crippen molar-refractivity contribution in [3.8, 4) is 11.6 Å². The summed E-state index contributed by atoms with van der Waals surface area (Å²) in [6.45, 7) is 2.07. The van der Waals surface area contributed by atoms with Crippen molar-refractivity contribution in [3.05, 3.63) is 48.7 Å². The summed E-state index contributed by atoms with van der Waals surface area (Å²) in [5, 5.41) is 5.63. The van der Waals surface area contributed by atoms with E-state index in [2.05, 4.69) is 15.6 Å². The lowest BCUT2D eigenvalue weighted by Crippen LogP contribution is -2.33. The van der Waals surface area contributed by atoms with E-state index in [0.717, 1.165) is 13.0 Å². The zero-order chi connectivity index (χ0) is 15.9. The van der Waals surface area contributed by atoms with Crippen LogP contribution in [0.3, 0.4) is 0 Å². The Morgan fingerprint density at radius 3 is 2.91 bits per heavy atom. The number of anilines is 1. The van der Waals surface area contributed by atoms with Gasteiger partial charge in [-0.05, 0) is 30.7 Å². The number of ether oxygens (including phenoxy) is 2. The maximum atomic E-state index is 12.0. The van der Waals surface area contributed by atoms with Crippen molar-refractivity contribution in [2.75, 3.05) is 25.1 Å². The van der Waals surface area contributed by atoms with Crippen LogP contribution in [0.1, 0.15) is 6.42 Å². The minimum Gasteiger partial charge on any atom is -0.437 e. The third-order valence-corrected chi connectivity index (χ3v) is 3.55. The maximum Gasteiger partial charge on any atom is 0.319 e. The molecule has 2 heterocycles. The zero-order valence-electron chi connectivity index (χ0n) is 12.7. The summed E-state index contributed by atoms with van der Waals surface area (Å²) in [7, 11) is 0. The minimum absolute atomic E-state index is 0.275. The molecule has 23 heavy (non-hydrogen) atoms. The summed E-state index contributed by atoms with van der Waals surface area (Å²) in [5.41, 5.74) is 0.525. The highest BCUT2D eigenvalue weighted by Gasteiger charge is 2.17. The molecule has 2 N–H and O–H groups in total. The molecule has 1 aromatic carbocycles. The van der Waals surface area contributed by atoms with Crippen LogP contribution in [0.2, 0.25) is 0 Å². The fourth-order valence-electron chi connectivity index (χ4n) is 2.32. The highest BCUT2D eigenvalue weighted by Crippen LogP contribution is 2.26. The molecule has 1 fully saturated rings. The van der Waals surface area contributed by atoms with Crippen LogP contribution in [0.5, 0.6) is 11.6 Å². The number of hydrogen-bond donors (Lipinski definition) is 2. The lowest BCUT2D eigenvalue weighted by Gasteiger charge is -2.13. The Hall–Kier alpha value is -2.60. The molecule has 2 amide bonds. The molecule has 6 nitrogen and oxygen atoms in total. The van der Waals surface area contributed by atoms with Gasteiger partial charge in [-0.2, -0.15) is 0 Å². The van der Waals surface area contributed by atoms with E-state index in [0.29, 0.717) is 36.4 Å². The molecule has 1 aliphatic rings. The fraction of sp³-hybridized carbons (Fsp3) is 0.294. The first-order valence-electron chi connectivity index (χ1n) is 7.62. The number of nitrogens with zero attached hydrogens (tertiary/aromatic N) is 1. The van der Waals surface area contributed by atoms with Crippen molar-refractivity contribution in [2.45, 2.75) is 6.42 Å². The molecular formula is C17H19N3O3. The van der Waals surface area contributed by atoms with Gasteiger partial charge in [-0.25, -0.2) is 9.78 Å². The molecule has 1 saturated heterocycles. The Balaban J connectivity index is 1.59. The monoisotopic (exact) mass is 313 g/mol. The predicted octanol–water partition coefficient (Wildman–Crippen LogP) is 3.03. The van der Waals surface area contributed by atoms with Crippen LogP contribution < -0.4 is 15.4 Å². The quantitative estimate of drug-likeness (QED) is 0.890. The van der Waals surface area contributed by atoms with Gasteiger partial charge in [-0.15, -0.1) is 0 Å². The number of nitrogens with one attached hydrogen (secondary N) is 2. The summed E-state index contributed by atoms with van der Waals surface area (Å²) in [6.07, 6.45) is 2.60. The van der Waals surface area contributed by atoms with Gasteiger partial charge >= 0.3 is 6.03 Å². The van der Waals surface area contributed by atoms with Gasteiger partial charge in [-0.3, -0.25) is 0 Å². The lowest BCUT2D eigenvalue weighted by atomic mass is 10.1. The summed E-state index contributed by atoms with van der Waals surface area (Å²) in [5.74, 6) is 1.41. The van der Waals surface area contributed by atoms with E-state index in [4.69, 9.17) is 9.47 Å². The van der Waals surface area contributed by atoms with Gasteiger partial charge in [0, 0.05) is 25.3 Å². The molecule has 6 heteroatoms. The summed E-state index contributed by atoms with van der Waals surface area (Å²) in [6, 6.07) is 12.6. The Morgan fingerprint density at radius 1 is 1.26 bits per heavy atom. The fourth-order valence-corrected chi connectivity index (χ4v) is 2.32. The zero-order valence-corrected chi connectivity index (χ0v) is 12.7. The first-order valence-corrected chi connectivity index (χ1v) is 7.62. The third kappa shape index (κ3) is 4.43. The second-order valence-electron chi connectivity index (χ2n) is 5.34. The number of benzene rings is 1. The van der Waals surface area contributed by atoms with E-state index >= 15 is 0 Å². The Labute approximate surface area is 134 Å². The molecule has 1 unspecified atom stereocenters. The normalized spacial score (nSPS) is 16.8. The molecular weight excluding hydrogens is 294 g/mol. The molecule has 0 saturated carbocycles. The molecule has 1 aliphatic heterocycles. The standard InChI is InChI=1S/C17H19N3O3/c21-17(19-11-13-8-10-22-12-13)20-15-7-4-9-18-16(15)23-14-5-2-1-3-6-14/h1-7,9,13H,8,10-12H2,(H2,19,20,21). The second-order valence-corrected chi connectivity index (χ2v) is 5.34. The Morgan fingerprint density at radius 2 is 2.13 bits per heavy atom. The highest BCUT2D eigenvalue weighted by molar-refractivity contribution is 5.90. The maximum absolute atomic E-state index is 12.0. The number of rotatable bonds is 5. The number of aromatic nitrogens is 1. The summed E-state index contributed by atoms with van der Waals surface area (Å²) < 4.78 is 11.0. The van der Waals surface area contributed by atoms with E-state index in [1.165, 1.54) is 0 Å².